The van der Waals surface area contributed by atoms with Gasteiger partial charge in [0.25, 0.3) is 5.91 Å². The minimum Gasteiger partial charge on any atom is -0.456 e. The molecule has 1 aliphatic heterocycles. The molecule has 4 nitrogen and oxygen atoms in total. The molecular formula is C21H23NO3. The molecule has 4 heteroatoms. The quantitative estimate of drug-likeness (QED) is 0.782. The molecule has 1 unspecified atom stereocenters. The van der Waals surface area contributed by atoms with Gasteiger partial charge in [-0.15, -0.1) is 0 Å². The number of carbonyl (C=O) groups excluding carboxylic acids is 2. The van der Waals surface area contributed by atoms with Crippen LogP contribution in [0, 0.1) is 0 Å². The number of benzene rings is 2. The van der Waals surface area contributed by atoms with Crippen LogP contribution in [0.1, 0.15) is 36.8 Å². The lowest BCUT2D eigenvalue weighted by molar-refractivity contribution is -0.148. The predicted octanol–water partition coefficient (Wildman–Crippen LogP) is 3.70. The smallest absolute Gasteiger partial charge is 0.306 e. The monoisotopic (exact) mass is 337 g/mol. The Bertz CT molecular complexity index is 742. The number of carbonyl (C=O) groups is 2. The standard InChI is InChI=1S/C21H23NO3/c1-16(17-8-3-2-4-9-17)14-21(24)25-15-20(23)22-13-7-11-18-10-5-6-12-19(18)22/h2-6,8-10,12,16H,7,11,13-15H2,1H3. The number of hydrogen-bond donors (Lipinski definition) is 0. The lowest BCUT2D eigenvalue weighted by atomic mass is 9.98. The molecular weight excluding hydrogens is 314 g/mol. The van der Waals surface area contributed by atoms with Crippen LogP contribution in [0.4, 0.5) is 5.69 Å². The zero-order valence-electron chi connectivity index (χ0n) is 14.5. The second-order valence-electron chi connectivity index (χ2n) is 6.45. The molecule has 0 aromatic heterocycles. The van der Waals surface area contributed by atoms with Crippen LogP contribution < -0.4 is 4.90 Å². The Hall–Kier alpha value is -2.62. The number of hydrogen-bond acceptors (Lipinski definition) is 3. The molecule has 0 aliphatic carbocycles. The van der Waals surface area contributed by atoms with E-state index < -0.39 is 0 Å². The highest BCUT2D eigenvalue weighted by molar-refractivity contribution is 5.96. The second kappa shape index (κ2) is 7.97. The van der Waals surface area contributed by atoms with Crippen LogP contribution in [0.3, 0.4) is 0 Å². The molecule has 2 aromatic carbocycles. The van der Waals surface area contributed by atoms with Gasteiger partial charge in [-0.1, -0.05) is 55.5 Å². The molecule has 3 rings (SSSR count). The van der Waals surface area contributed by atoms with Crippen LogP contribution in [0.25, 0.3) is 0 Å². The number of amides is 1. The van der Waals surface area contributed by atoms with Gasteiger partial charge >= 0.3 is 5.97 Å². The molecule has 0 saturated heterocycles. The van der Waals surface area contributed by atoms with E-state index in [0.717, 1.165) is 24.1 Å². The minimum atomic E-state index is -0.338. The molecule has 0 N–H and O–H groups in total. The maximum Gasteiger partial charge on any atom is 0.306 e. The van der Waals surface area contributed by atoms with E-state index in [1.165, 1.54) is 5.56 Å². The first-order valence-electron chi connectivity index (χ1n) is 8.74. The highest BCUT2D eigenvalue weighted by atomic mass is 16.5. The Balaban J connectivity index is 1.53. The number of esters is 1. The van der Waals surface area contributed by atoms with Crippen molar-refractivity contribution in [1.29, 1.82) is 0 Å². The number of rotatable bonds is 5. The van der Waals surface area contributed by atoms with Crippen molar-refractivity contribution in [1.82, 2.24) is 0 Å². The molecule has 1 amide bonds. The maximum atomic E-state index is 12.5. The third-order valence-corrected chi connectivity index (χ3v) is 4.61. The van der Waals surface area contributed by atoms with Crippen molar-refractivity contribution in [3.8, 4) is 0 Å². The van der Waals surface area contributed by atoms with E-state index in [9.17, 15) is 9.59 Å². The summed E-state index contributed by atoms with van der Waals surface area (Å²) in [6.45, 7) is 2.46. The predicted molar refractivity (Wildman–Crippen MR) is 97.5 cm³/mol. The lowest BCUT2D eigenvalue weighted by Crippen LogP contribution is -2.38. The summed E-state index contributed by atoms with van der Waals surface area (Å²) in [5.74, 6) is -0.428. The van der Waals surface area contributed by atoms with Gasteiger partial charge in [0.2, 0.25) is 0 Å². The average molecular weight is 337 g/mol. The Kier molecular flexibility index (Phi) is 5.49. The topological polar surface area (TPSA) is 46.6 Å². The van der Waals surface area contributed by atoms with Gasteiger partial charge in [0, 0.05) is 12.2 Å². The molecule has 2 aromatic rings. The third-order valence-electron chi connectivity index (χ3n) is 4.61. The zero-order valence-corrected chi connectivity index (χ0v) is 14.5. The average Bonchev–Trinajstić information content (AvgIpc) is 2.66. The van der Waals surface area contributed by atoms with Gasteiger partial charge in [-0.05, 0) is 36.0 Å². The van der Waals surface area contributed by atoms with Crippen molar-refractivity contribution in [3.63, 3.8) is 0 Å². The normalized spacial score (nSPS) is 14.5. The summed E-state index contributed by atoms with van der Waals surface area (Å²) in [6, 6.07) is 17.7. The number of para-hydroxylation sites is 1. The van der Waals surface area contributed by atoms with Crippen LogP contribution in [0.15, 0.2) is 54.6 Å². The summed E-state index contributed by atoms with van der Waals surface area (Å²) in [4.78, 5) is 26.3. The van der Waals surface area contributed by atoms with Gasteiger partial charge in [0.05, 0.1) is 6.42 Å². The fourth-order valence-corrected chi connectivity index (χ4v) is 3.22. The summed E-state index contributed by atoms with van der Waals surface area (Å²) < 4.78 is 5.23. The number of anilines is 1. The van der Waals surface area contributed by atoms with Crippen molar-refractivity contribution in [3.05, 3.63) is 65.7 Å². The Morgan fingerprint density at radius 2 is 1.80 bits per heavy atom. The lowest BCUT2D eigenvalue weighted by Gasteiger charge is -2.29. The van der Waals surface area contributed by atoms with Crippen molar-refractivity contribution in [2.75, 3.05) is 18.1 Å². The van der Waals surface area contributed by atoms with Gasteiger partial charge in [-0.2, -0.15) is 0 Å². The fourth-order valence-electron chi connectivity index (χ4n) is 3.22. The van der Waals surface area contributed by atoms with Crippen molar-refractivity contribution in [2.24, 2.45) is 0 Å². The van der Waals surface area contributed by atoms with Crippen LogP contribution >= 0.6 is 0 Å². The number of ether oxygens (including phenoxy) is 1. The summed E-state index contributed by atoms with van der Waals surface area (Å²) in [6.07, 6.45) is 2.18. The Labute approximate surface area is 148 Å². The van der Waals surface area contributed by atoms with E-state index in [1.54, 1.807) is 4.90 Å². The van der Waals surface area contributed by atoms with E-state index in [2.05, 4.69) is 0 Å². The van der Waals surface area contributed by atoms with E-state index >= 15 is 0 Å². The van der Waals surface area contributed by atoms with Crippen LogP contribution in [0.5, 0.6) is 0 Å². The van der Waals surface area contributed by atoms with E-state index in [0.29, 0.717) is 6.54 Å². The molecule has 1 aliphatic rings. The van der Waals surface area contributed by atoms with Crippen molar-refractivity contribution in [2.45, 2.75) is 32.1 Å². The van der Waals surface area contributed by atoms with Crippen LogP contribution in [-0.2, 0) is 20.7 Å². The molecule has 0 fully saturated rings. The van der Waals surface area contributed by atoms with Gasteiger partial charge in [0.1, 0.15) is 0 Å². The number of nitrogens with zero attached hydrogens (tertiary/aromatic N) is 1. The maximum absolute atomic E-state index is 12.5. The van der Waals surface area contributed by atoms with Crippen molar-refractivity contribution < 1.29 is 14.3 Å². The van der Waals surface area contributed by atoms with E-state index in [4.69, 9.17) is 4.74 Å². The molecule has 0 spiro atoms. The molecule has 0 radical (unpaired) electrons. The van der Waals surface area contributed by atoms with Gasteiger partial charge in [-0.25, -0.2) is 0 Å². The molecule has 0 saturated carbocycles. The third kappa shape index (κ3) is 4.27. The Morgan fingerprint density at radius 1 is 1.08 bits per heavy atom. The molecule has 25 heavy (non-hydrogen) atoms. The number of aryl methyl sites for hydroxylation is 1. The van der Waals surface area contributed by atoms with Crippen LogP contribution in [0.2, 0.25) is 0 Å². The van der Waals surface area contributed by atoms with E-state index in [-0.39, 0.29) is 30.8 Å². The first-order chi connectivity index (χ1) is 12.1. The summed E-state index contributed by atoms with van der Waals surface area (Å²) in [5.41, 5.74) is 3.20. The Morgan fingerprint density at radius 3 is 2.60 bits per heavy atom. The van der Waals surface area contributed by atoms with Gasteiger partial charge < -0.3 is 9.64 Å². The fraction of sp³-hybridized carbons (Fsp3) is 0.333. The molecule has 1 atom stereocenters. The highest BCUT2D eigenvalue weighted by Crippen LogP contribution is 2.26. The second-order valence-corrected chi connectivity index (χ2v) is 6.45. The van der Waals surface area contributed by atoms with Gasteiger partial charge in [-0.3, -0.25) is 9.59 Å². The van der Waals surface area contributed by atoms with Crippen molar-refractivity contribution >= 4 is 17.6 Å². The minimum absolute atomic E-state index is 0.0690. The largest absolute Gasteiger partial charge is 0.456 e. The summed E-state index contributed by atoms with van der Waals surface area (Å²) >= 11 is 0. The first kappa shape index (κ1) is 17.2. The summed E-state index contributed by atoms with van der Waals surface area (Å²) in [5, 5.41) is 0. The molecule has 1 heterocycles. The first-order valence-corrected chi connectivity index (χ1v) is 8.74. The van der Waals surface area contributed by atoms with Crippen LogP contribution in [-0.4, -0.2) is 25.0 Å². The van der Waals surface area contributed by atoms with Gasteiger partial charge in [0.15, 0.2) is 6.61 Å². The summed E-state index contributed by atoms with van der Waals surface area (Å²) in [7, 11) is 0. The van der Waals surface area contributed by atoms with E-state index in [1.807, 2.05) is 61.5 Å². The molecule has 0 bridgehead atoms. The SMILES string of the molecule is CC(CC(=O)OCC(=O)N1CCCc2ccccc21)c1ccccc1. The molecule has 130 valence electrons. The number of fused-ring (bicyclic) bond motifs is 1. The highest BCUT2D eigenvalue weighted by Gasteiger charge is 2.23. The zero-order chi connectivity index (χ0) is 17.6.